The molecule has 0 saturated heterocycles. The monoisotopic (exact) mass is 189 g/mol. The standard InChI is InChI=1S/C3H4NO5P.Na.H/c5-10(6,7)9-3-1-2-8-4-3;;/h1-2H,(H2,5,6,7);;. The molecule has 1 rings (SSSR count). The molecule has 0 unspecified atom stereocenters. The van der Waals surface area contributed by atoms with E-state index in [4.69, 9.17) is 9.79 Å². The average molecular weight is 189 g/mol. The van der Waals surface area contributed by atoms with E-state index in [0.29, 0.717) is 0 Å². The zero-order chi connectivity index (χ0) is 7.61. The Kier molecular flexibility index (Phi) is 4.31. The molecule has 0 saturated carbocycles. The van der Waals surface area contributed by atoms with Crippen LogP contribution in [-0.4, -0.2) is 44.5 Å². The van der Waals surface area contributed by atoms with Crippen LogP contribution in [0.2, 0.25) is 0 Å². The van der Waals surface area contributed by atoms with E-state index in [1.165, 1.54) is 6.07 Å². The van der Waals surface area contributed by atoms with Crippen LogP contribution in [-0.2, 0) is 4.57 Å². The first-order valence-corrected chi connectivity index (χ1v) is 3.76. The Morgan fingerprint density at radius 3 is 2.64 bits per heavy atom. The molecule has 8 heteroatoms. The van der Waals surface area contributed by atoms with Gasteiger partial charge >= 0.3 is 37.4 Å². The van der Waals surface area contributed by atoms with Crippen molar-refractivity contribution in [2.75, 3.05) is 0 Å². The van der Waals surface area contributed by atoms with Crippen molar-refractivity contribution in [2.24, 2.45) is 0 Å². The van der Waals surface area contributed by atoms with Crippen molar-refractivity contribution in [2.45, 2.75) is 0 Å². The summed E-state index contributed by atoms with van der Waals surface area (Å²) in [4.78, 5) is 16.4. The molecule has 2 N–H and O–H groups in total. The third-order valence-electron chi connectivity index (χ3n) is 0.627. The average Bonchev–Trinajstić information content (AvgIpc) is 2.12. The molecule has 11 heavy (non-hydrogen) atoms. The van der Waals surface area contributed by atoms with Crippen LogP contribution in [0.15, 0.2) is 16.9 Å². The summed E-state index contributed by atoms with van der Waals surface area (Å²) in [5.74, 6) is -0.228. The summed E-state index contributed by atoms with van der Waals surface area (Å²) >= 11 is 0. The summed E-state index contributed by atoms with van der Waals surface area (Å²) in [5, 5.41) is 3.11. The summed E-state index contributed by atoms with van der Waals surface area (Å²) in [6.45, 7) is 0. The van der Waals surface area contributed by atoms with Gasteiger partial charge in [-0.15, -0.1) is 0 Å². The summed E-state index contributed by atoms with van der Waals surface area (Å²) < 4.78 is 18.3. The number of phosphoric ester groups is 1. The molecular formula is C3H5NNaO5P. The topological polar surface area (TPSA) is 92.8 Å². The first-order chi connectivity index (χ1) is 4.58. The Morgan fingerprint density at radius 2 is 2.27 bits per heavy atom. The van der Waals surface area contributed by atoms with Crippen LogP contribution in [0.5, 0.6) is 5.88 Å². The van der Waals surface area contributed by atoms with E-state index < -0.39 is 7.82 Å². The van der Waals surface area contributed by atoms with Gasteiger partial charge in [0.2, 0.25) is 0 Å². The molecule has 0 fully saturated rings. The third-order valence-corrected chi connectivity index (χ3v) is 1.05. The van der Waals surface area contributed by atoms with Gasteiger partial charge in [-0.3, -0.25) is 9.79 Å². The van der Waals surface area contributed by atoms with Gasteiger partial charge in [0.25, 0.3) is 5.88 Å². The van der Waals surface area contributed by atoms with E-state index in [2.05, 4.69) is 14.2 Å². The van der Waals surface area contributed by atoms with Crippen LogP contribution in [0.1, 0.15) is 0 Å². The molecular weight excluding hydrogens is 184 g/mol. The Balaban J connectivity index is 0.000001000. The van der Waals surface area contributed by atoms with Crippen molar-refractivity contribution >= 4 is 37.4 Å². The summed E-state index contributed by atoms with van der Waals surface area (Å²) in [5.41, 5.74) is 0. The van der Waals surface area contributed by atoms with E-state index in [-0.39, 0.29) is 35.4 Å². The van der Waals surface area contributed by atoms with Gasteiger partial charge in [0.15, 0.2) is 0 Å². The first kappa shape index (κ1) is 11.2. The molecule has 0 amide bonds. The van der Waals surface area contributed by atoms with E-state index in [0.717, 1.165) is 6.26 Å². The number of nitrogens with zero attached hydrogens (tertiary/aromatic N) is 1. The van der Waals surface area contributed by atoms with Gasteiger partial charge in [-0.1, -0.05) is 0 Å². The van der Waals surface area contributed by atoms with E-state index >= 15 is 0 Å². The number of hydrogen-bond donors (Lipinski definition) is 2. The fraction of sp³-hybridized carbons (Fsp3) is 0. The summed E-state index contributed by atoms with van der Waals surface area (Å²) in [7, 11) is -4.48. The van der Waals surface area contributed by atoms with Gasteiger partial charge in [0.05, 0.1) is 0 Å². The fourth-order valence-corrected chi connectivity index (χ4v) is 0.708. The SMILES string of the molecule is O=P(O)(O)Oc1ccon1.[NaH]. The van der Waals surface area contributed by atoms with Gasteiger partial charge in [0.1, 0.15) is 6.26 Å². The molecule has 0 bridgehead atoms. The van der Waals surface area contributed by atoms with Crippen molar-refractivity contribution in [1.29, 1.82) is 0 Å². The van der Waals surface area contributed by atoms with E-state index in [1.54, 1.807) is 0 Å². The van der Waals surface area contributed by atoms with Gasteiger partial charge in [-0.2, -0.15) is 0 Å². The number of hydrogen-bond acceptors (Lipinski definition) is 4. The molecule has 1 heterocycles. The maximum atomic E-state index is 10.1. The quantitative estimate of drug-likeness (QED) is 0.481. The second-order valence-corrected chi connectivity index (χ2v) is 2.58. The zero-order valence-electron chi connectivity index (χ0n) is 4.67. The molecule has 0 aliphatic rings. The minimum atomic E-state index is -4.48. The van der Waals surface area contributed by atoms with E-state index in [1.807, 2.05) is 0 Å². The van der Waals surface area contributed by atoms with Crippen molar-refractivity contribution in [3.8, 4) is 5.88 Å². The molecule has 58 valence electrons. The Morgan fingerprint density at radius 1 is 1.64 bits per heavy atom. The van der Waals surface area contributed by atoms with Gasteiger partial charge in [-0.05, 0) is 5.16 Å². The predicted molar refractivity (Wildman–Crippen MR) is 36.3 cm³/mol. The van der Waals surface area contributed by atoms with Crippen molar-refractivity contribution < 1.29 is 23.4 Å². The van der Waals surface area contributed by atoms with Crippen LogP contribution >= 0.6 is 7.82 Å². The molecule has 6 nitrogen and oxygen atoms in total. The van der Waals surface area contributed by atoms with E-state index in [9.17, 15) is 4.57 Å². The normalized spacial score (nSPS) is 10.4. The van der Waals surface area contributed by atoms with Gasteiger partial charge < -0.3 is 9.05 Å². The Labute approximate surface area is 84.1 Å². The molecule has 0 aliphatic carbocycles. The molecule has 1 aromatic heterocycles. The zero-order valence-corrected chi connectivity index (χ0v) is 5.56. The molecule has 0 atom stereocenters. The van der Waals surface area contributed by atoms with Crippen molar-refractivity contribution in [3.63, 3.8) is 0 Å². The fourth-order valence-electron chi connectivity index (χ4n) is 0.370. The molecule has 0 aromatic carbocycles. The molecule has 0 radical (unpaired) electrons. The van der Waals surface area contributed by atoms with Crippen molar-refractivity contribution in [3.05, 3.63) is 12.3 Å². The third kappa shape index (κ3) is 4.58. The molecule has 0 aliphatic heterocycles. The van der Waals surface area contributed by atoms with Crippen molar-refractivity contribution in [1.82, 2.24) is 5.16 Å². The number of aromatic nitrogens is 1. The Hall–Kier alpha value is 0.160. The van der Waals surface area contributed by atoms with Crippen LogP contribution in [0, 0.1) is 0 Å². The summed E-state index contributed by atoms with van der Waals surface area (Å²) in [6.07, 6.45) is 1.14. The van der Waals surface area contributed by atoms with Gasteiger partial charge in [-0.25, -0.2) is 4.57 Å². The second-order valence-electron chi connectivity index (χ2n) is 1.42. The first-order valence-electron chi connectivity index (χ1n) is 2.23. The minimum absolute atomic E-state index is 0. The van der Waals surface area contributed by atoms with Crippen LogP contribution in [0.25, 0.3) is 0 Å². The number of rotatable bonds is 2. The summed E-state index contributed by atoms with van der Waals surface area (Å²) in [6, 6.07) is 1.19. The van der Waals surface area contributed by atoms with Crippen LogP contribution in [0.4, 0.5) is 0 Å². The number of phosphoric acid groups is 1. The van der Waals surface area contributed by atoms with Crippen LogP contribution in [0.3, 0.4) is 0 Å². The molecule has 1 aromatic rings. The Bertz CT molecular complexity index is 242. The van der Waals surface area contributed by atoms with Crippen LogP contribution < -0.4 is 4.52 Å². The predicted octanol–water partition coefficient (Wildman–Crippen LogP) is -0.502. The molecule has 0 spiro atoms. The second kappa shape index (κ2) is 4.25. The van der Waals surface area contributed by atoms with Gasteiger partial charge in [0, 0.05) is 6.07 Å². The maximum absolute atomic E-state index is 10.1.